The smallest absolute Gasteiger partial charge is 0.399 e. The van der Waals surface area contributed by atoms with Crippen LogP contribution in [-0.4, -0.2) is 43.0 Å². The second-order valence-electron chi connectivity index (χ2n) is 9.91. The summed E-state index contributed by atoms with van der Waals surface area (Å²) in [6.45, 7) is 8.11. The first-order chi connectivity index (χ1) is 13.5. The van der Waals surface area contributed by atoms with Crippen LogP contribution in [0.1, 0.15) is 65.4 Å². The van der Waals surface area contributed by atoms with Crippen molar-refractivity contribution in [1.29, 1.82) is 0 Å². The molecule has 29 heavy (non-hydrogen) atoms. The van der Waals surface area contributed by atoms with Crippen LogP contribution >= 0.6 is 0 Å². The fourth-order valence-corrected chi connectivity index (χ4v) is 7.32. The van der Waals surface area contributed by atoms with E-state index in [1.54, 1.807) is 0 Å². The van der Waals surface area contributed by atoms with E-state index >= 15 is 0 Å². The van der Waals surface area contributed by atoms with Gasteiger partial charge in [-0.2, -0.15) is 0 Å². The molecule has 3 aliphatic heterocycles. The van der Waals surface area contributed by atoms with E-state index in [4.69, 9.17) is 9.31 Å². The second-order valence-corrected chi connectivity index (χ2v) is 12.4. The minimum atomic E-state index is -3.02. The predicted molar refractivity (Wildman–Crippen MR) is 114 cm³/mol. The average Bonchev–Trinajstić information content (AvgIpc) is 2.82. The van der Waals surface area contributed by atoms with Crippen LogP contribution in [0.25, 0.3) is 0 Å². The highest BCUT2D eigenvalue weighted by molar-refractivity contribution is 7.92. The Labute approximate surface area is 174 Å². The molecule has 3 aliphatic rings. The summed E-state index contributed by atoms with van der Waals surface area (Å²) >= 11 is 0. The van der Waals surface area contributed by atoms with Crippen LogP contribution in [0.4, 0.5) is 0 Å². The summed E-state index contributed by atoms with van der Waals surface area (Å²) in [5, 5.41) is -0.621. The molecular formula is C22H31BO5S. The third-order valence-electron chi connectivity index (χ3n) is 7.42. The number of carbonyl (C=O) groups is 1. The molecule has 3 fully saturated rings. The number of hydrogen-bond acceptors (Lipinski definition) is 5. The highest BCUT2D eigenvalue weighted by Crippen LogP contribution is 2.40. The second kappa shape index (κ2) is 7.21. The first-order valence-electron chi connectivity index (χ1n) is 10.7. The van der Waals surface area contributed by atoms with Crippen molar-refractivity contribution < 1.29 is 22.5 Å². The van der Waals surface area contributed by atoms with E-state index < -0.39 is 17.0 Å². The lowest BCUT2D eigenvalue weighted by molar-refractivity contribution is -0.122. The maximum absolute atomic E-state index is 12.9. The predicted octanol–water partition coefficient (Wildman–Crippen LogP) is 2.84. The molecule has 1 aromatic carbocycles. The van der Waals surface area contributed by atoms with Gasteiger partial charge in [0.2, 0.25) is 0 Å². The van der Waals surface area contributed by atoms with Gasteiger partial charge in [0, 0.05) is 12.3 Å². The molecule has 0 aliphatic carbocycles. The van der Waals surface area contributed by atoms with Crippen LogP contribution in [0.15, 0.2) is 24.3 Å². The number of Topliss-reactive ketones (excluding diaryl/α,β-unsaturated/α-hetero) is 1. The Morgan fingerprint density at radius 1 is 1.00 bits per heavy atom. The molecule has 3 saturated heterocycles. The van der Waals surface area contributed by atoms with E-state index in [9.17, 15) is 13.2 Å². The number of benzene rings is 1. The summed E-state index contributed by atoms with van der Waals surface area (Å²) in [5.41, 5.74) is 1.13. The van der Waals surface area contributed by atoms with Crippen molar-refractivity contribution >= 4 is 28.2 Å². The monoisotopic (exact) mass is 418 g/mol. The van der Waals surface area contributed by atoms with Crippen molar-refractivity contribution in [3.05, 3.63) is 29.8 Å². The van der Waals surface area contributed by atoms with Gasteiger partial charge in [0.05, 0.1) is 21.7 Å². The Balaban J connectivity index is 1.40. The molecule has 0 N–H and O–H groups in total. The van der Waals surface area contributed by atoms with Gasteiger partial charge in [-0.3, -0.25) is 4.79 Å². The van der Waals surface area contributed by atoms with Crippen LogP contribution in [0.3, 0.4) is 0 Å². The highest BCUT2D eigenvalue weighted by atomic mass is 32.2. The lowest BCUT2D eigenvalue weighted by Gasteiger charge is -2.38. The zero-order valence-corrected chi connectivity index (χ0v) is 18.6. The Kier molecular flexibility index (Phi) is 5.24. The number of fused-ring (bicyclic) bond motifs is 2. The van der Waals surface area contributed by atoms with E-state index in [1.807, 2.05) is 52.0 Å². The topological polar surface area (TPSA) is 69.7 Å². The van der Waals surface area contributed by atoms with Gasteiger partial charge in [-0.1, -0.05) is 30.7 Å². The maximum atomic E-state index is 12.9. The van der Waals surface area contributed by atoms with Gasteiger partial charge in [-0.15, -0.1) is 0 Å². The molecule has 0 amide bonds. The van der Waals surface area contributed by atoms with Crippen LogP contribution in [0.5, 0.6) is 0 Å². The van der Waals surface area contributed by atoms with Crippen molar-refractivity contribution in [2.45, 2.75) is 87.9 Å². The lowest BCUT2D eigenvalue weighted by Crippen LogP contribution is -2.45. The molecule has 3 heterocycles. The van der Waals surface area contributed by atoms with E-state index in [0.717, 1.165) is 17.4 Å². The number of rotatable bonds is 4. The minimum Gasteiger partial charge on any atom is -0.399 e. The van der Waals surface area contributed by atoms with Crippen molar-refractivity contribution in [3.63, 3.8) is 0 Å². The van der Waals surface area contributed by atoms with Gasteiger partial charge in [0.15, 0.2) is 9.84 Å². The van der Waals surface area contributed by atoms with Crippen LogP contribution in [0, 0.1) is 5.92 Å². The first-order valence-corrected chi connectivity index (χ1v) is 12.3. The van der Waals surface area contributed by atoms with Gasteiger partial charge in [-0.05, 0) is 64.4 Å². The molecule has 7 heteroatoms. The highest BCUT2D eigenvalue weighted by Gasteiger charge is 2.51. The van der Waals surface area contributed by atoms with Crippen molar-refractivity contribution in [2.75, 3.05) is 0 Å². The molecule has 2 bridgehead atoms. The largest absolute Gasteiger partial charge is 0.494 e. The first kappa shape index (κ1) is 21.1. The molecule has 0 aromatic heterocycles. The van der Waals surface area contributed by atoms with E-state index in [1.165, 1.54) is 0 Å². The quantitative estimate of drug-likeness (QED) is 0.704. The Morgan fingerprint density at radius 3 is 2.03 bits per heavy atom. The van der Waals surface area contributed by atoms with E-state index in [0.29, 0.717) is 32.1 Å². The maximum Gasteiger partial charge on any atom is 0.494 e. The number of hydrogen-bond donors (Lipinski definition) is 0. The Bertz CT molecular complexity index is 854. The van der Waals surface area contributed by atoms with Crippen LogP contribution < -0.4 is 5.46 Å². The molecule has 4 rings (SSSR count). The molecule has 158 valence electrons. The summed E-state index contributed by atoms with van der Waals surface area (Å²) < 4.78 is 37.0. The summed E-state index contributed by atoms with van der Waals surface area (Å²) in [6, 6.07) is 7.84. The molecule has 1 aromatic rings. The van der Waals surface area contributed by atoms with Crippen LogP contribution in [0.2, 0.25) is 0 Å². The summed E-state index contributed by atoms with van der Waals surface area (Å²) in [5.74, 6) is 0.0387. The number of sulfone groups is 1. The Morgan fingerprint density at radius 2 is 1.52 bits per heavy atom. The summed E-state index contributed by atoms with van der Waals surface area (Å²) in [7, 11) is -3.43. The van der Waals surface area contributed by atoms with Crippen molar-refractivity contribution in [3.8, 4) is 0 Å². The van der Waals surface area contributed by atoms with Gasteiger partial charge in [0.1, 0.15) is 5.78 Å². The molecule has 0 saturated carbocycles. The molecular weight excluding hydrogens is 387 g/mol. The molecule has 5 nitrogen and oxygen atoms in total. The normalized spacial score (nSPS) is 32.1. The molecule has 0 spiro atoms. The van der Waals surface area contributed by atoms with Gasteiger partial charge >= 0.3 is 7.12 Å². The third-order valence-corrected chi connectivity index (χ3v) is 10.1. The van der Waals surface area contributed by atoms with Crippen molar-refractivity contribution in [2.24, 2.45) is 5.92 Å². The minimum absolute atomic E-state index is 0.128. The van der Waals surface area contributed by atoms with Gasteiger partial charge < -0.3 is 9.31 Å². The number of ketones is 1. The zero-order valence-electron chi connectivity index (χ0n) is 17.8. The fourth-order valence-electron chi connectivity index (χ4n) is 4.79. The van der Waals surface area contributed by atoms with Gasteiger partial charge in [0.25, 0.3) is 0 Å². The average molecular weight is 418 g/mol. The van der Waals surface area contributed by atoms with Crippen molar-refractivity contribution in [1.82, 2.24) is 0 Å². The SMILES string of the molecule is CC1(C)OB(c2ccc(CC(=O)C3CC4CCCC(C3)S4(=O)=O)cc2)OC1(C)C. The van der Waals surface area contributed by atoms with Gasteiger partial charge in [-0.25, -0.2) is 8.42 Å². The molecule has 2 unspecified atom stereocenters. The number of carbonyl (C=O) groups excluding carboxylic acids is 1. The summed E-state index contributed by atoms with van der Waals surface area (Å²) in [4.78, 5) is 12.9. The zero-order chi connectivity index (χ0) is 21.0. The standard InChI is InChI=1S/C22H31BO5S/c1-21(2)22(3,4)28-23(27-21)17-10-8-15(9-11-17)12-20(24)16-13-18-6-5-7-19(14-16)29(18,25)26/h8-11,16,18-19H,5-7,12-14H2,1-4H3. The van der Waals surface area contributed by atoms with E-state index in [-0.39, 0.29) is 33.4 Å². The fraction of sp³-hybridized carbons (Fsp3) is 0.682. The molecule has 0 radical (unpaired) electrons. The summed E-state index contributed by atoms with van der Waals surface area (Å²) in [6.07, 6.45) is 3.76. The third kappa shape index (κ3) is 3.82. The molecule has 2 atom stereocenters. The lowest BCUT2D eigenvalue weighted by atomic mass is 9.78. The van der Waals surface area contributed by atoms with Crippen LogP contribution in [-0.2, 0) is 30.4 Å². The van der Waals surface area contributed by atoms with E-state index in [2.05, 4.69) is 0 Å². The Hall–Kier alpha value is -1.18.